The van der Waals surface area contributed by atoms with Crippen molar-refractivity contribution in [3.05, 3.63) is 24.3 Å². The first kappa shape index (κ1) is 11.0. The highest BCUT2D eigenvalue weighted by Crippen LogP contribution is 1.99. The fourth-order valence-corrected chi connectivity index (χ4v) is 0.605. The lowest BCUT2D eigenvalue weighted by molar-refractivity contribution is -0.137. The van der Waals surface area contributed by atoms with Crippen molar-refractivity contribution in [3.8, 4) is 0 Å². The van der Waals surface area contributed by atoms with Gasteiger partial charge in [-0.15, -0.1) is 0 Å². The Labute approximate surface area is 73.9 Å². The molecule has 0 radical (unpaired) electrons. The van der Waals surface area contributed by atoms with Gasteiger partial charge in [0, 0.05) is 5.57 Å². The van der Waals surface area contributed by atoms with Gasteiger partial charge in [0.2, 0.25) is 0 Å². The Kier molecular flexibility index (Phi) is 6.07. The Bertz CT molecular complexity index is 180. The minimum Gasteiger partial charge on any atom is -0.458 e. The van der Waals surface area contributed by atoms with E-state index >= 15 is 0 Å². The topological polar surface area (TPSA) is 26.3 Å². The van der Waals surface area contributed by atoms with Gasteiger partial charge in [-0.2, -0.15) is 0 Å². The Morgan fingerprint density at radius 2 is 2.08 bits per heavy atom. The number of carbonyl (C=O) groups excluding carboxylic acids is 1. The van der Waals surface area contributed by atoms with Crippen molar-refractivity contribution >= 4 is 5.97 Å². The highest BCUT2D eigenvalue weighted by atomic mass is 16.5. The fraction of sp³-hybridized carbons (Fsp3) is 0.500. The van der Waals surface area contributed by atoms with Gasteiger partial charge in [-0.25, -0.2) is 4.79 Å². The predicted octanol–water partition coefficient (Wildman–Crippen LogP) is 2.46. The van der Waals surface area contributed by atoms with Crippen molar-refractivity contribution in [3.63, 3.8) is 0 Å². The van der Waals surface area contributed by atoms with Crippen LogP contribution in [0.4, 0.5) is 0 Å². The van der Waals surface area contributed by atoms with Gasteiger partial charge in [0.25, 0.3) is 0 Å². The van der Waals surface area contributed by atoms with Crippen molar-refractivity contribution in [2.45, 2.75) is 26.7 Å². The number of carbonyl (C=O) groups is 1. The lowest BCUT2D eigenvalue weighted by Crippen LogP contribution is -2.06. The molecule has 0 aromatic heterocycles. The molecule has 2 nitrogen and oxygen atoms in total. The van der Waals surface area contributed by atoms with Crippen molar-refractivity contribution < 1.29 is 9.53 Å². The minimum atomic E-state index is -0.293. The monoisotopic (exact) mass is 168 g/mol. The zero-order valence-electron chi connectivity index (χ0n) is 7.80. The van der Waals surface area contributed by atoms with Crippen LogP contribution in [0.1, 0.15) is 26.7 Å². The summed E-state index contributed by atoms with van der Waals surface area (Å²) in [5.74, 6) is -0.293. The molecular formula is C10H16O2. The Morgan fingerprint density at radius 1 is 1.42 bits per heavy atom. The zero-order chi connectivity index (χ0) is 9.40. The first-order valence-electron chi connectivity index (χ1n) is 4.22. The van der Waals surface area contributed by atoms with Crippen LogP contribution in [0.15, 0.2) is 24.3 Å². The minimum absolute atomic E-state index is 0.293. The lowest BCUT2D eigenvalue weighted by Gasteiger charge is -2.01. The van der Waals surface area contributed by atoms with Crippen LogP contribution in [-0.4, -0.2) is 12.6 Å². The molecule has 0 rings (SSSR count). The van der Waals surface area contributed by atoms with E-state index in [4.69, 9.17) is 4.74 Å². The fourth-order valence-electron chi connectivity index (χ4n) is 0.605. The molecule has 0 atom stereocenters. The Balaban J connectivity index is 3.57. The van der Waals surface area contributed by atoms with Gasteiger partial charge < -0.3 is 4.74 Å². The van der Waals surface area contributed by atoms with Gasteiger partial charge in [-0.1, -0.05) is 32.6 Å². The van der Waals surface area contributed by atoms with Crippen LogP contribution in [0, 0.1) is 0 Å². The third-order valence-corrected chi connectivity index (χ3v) is 1.43. The van der Waals surface area contributed by atoms with Gasteiger partial charge in [-0.05, 0) is 12.8 Å². The van der Waals surface area contributed by atoms with Crippen LogP contribution in [0.5, 0.6) is 0 Å². The summed E-state index contributed by atoms with van der Waals surface area (Å²) in [7, 11) is 0. The van der Waals surface area contributed by atoms with Crippen LogP contribution in [0.2, 0.25) is 0 Å². The van der Waals surface area contributed by atoms with Gasteiger partial charge >= 0.3 is 5.97 Å². The molecule has 0 saturated heterocycles. The summed E-state index contributed by atoms with van der Waals surface area (Å²) in [5, 5.41) is 0. The first-order chi connectivity index (χ1) is 5.72. The van der Waals surface area contributed by atoms with E-state index in [1.165, 1.54) is 0 Å². The summed E-state index contributed by atoms with van der Waals surface area (Å²) in [6, 6.07) is 0. The van der Waals surface area contributed by atoms with Crippen molar-refractivity contribution in [1.29, 1.82) is 0 Å². The van der Waals surface area contributed by atoms with E-state index in [0.717, 1.165) is 6.42 Å². The molecule has 0 aromatic rings. The predicted molar refractivity (Wildman–Crippen MR) is 49.8 cm³/mol. The summed E-state index contributed by atoms with van der Waals surface area (Å²) < 4.78 is 4.87. The maximum Gasteiger partial charge on any atom is 0.333 e. The molecule has 0 aliphatic carbocycles. The van der Waals surface area contributed by atoms with E-state index in [1.807, 2.05) is 26.0 Å². The van der Waals surface area contributed by atoms with Crippen LogP contribution < -0.4 is 0 Å². The van der Waals surface area contributed by atoms with Crippen LogP contribution >= 0.6 is 0 Å². The molecule has 12 heavy (non-hydrogen) atoms. The molecule has 0 amide bonds. The molecule has 0 aliphatic rings. The number of allylic oxidation sites excluding steroid dienone is 1. The molecule has 0 aliphatic heterocycles. The smallest absolute Gasteiger partial charge is 0.333 e. The largest absolute Gasteiger partial charge is 0.458 e. The van der Waals surface area contributed by atoms with Gasteiger partial charge in [0.1, 0.15) is 6.61 Å². The molecule has 0 N–H and O–H groups in total. The molecule has 0 spiro atoms. The average molecular weight is 168 g/mol. The van der Waals surface area contributed by atoms with Crippen LogP contribution in [-0.2, 0) is 9.53 Å². The summed E-state index contributed by atoms with van der Waals surface area (Å²) in [5.41, 5.74) is 0.528. The standard InChI is InChI=1S/C10H16O2/c1-4-6-7-8-12-10(11)9(3)5-2/h6-7H,3-5,8H2,1-2H3. The van der Waals surface area contributed by atoms with Crippen LogP contribution in [0.25, 0.3) is 0 Å². The van der Waals surface area contributed by atoms with E-state index in [0.29, 0.717) is 18.6 Å². The molecular weight excluding hydrogens is 152 g/mol. The van der Waals surface area contributed by atoms with Gasteiger partial charge in [-0.3, -0.25) is 0 Å². The maximum absolute atomic E-state index is 11.0. The summed E-state index contributed by atoms with van der Waals surface area (Å²) in [4.78, 5) is 11.0. The van der Waals surface area contributed by atoms with E-state index in [9.17, 15) is 4.79 Å². The molecule has 0 aromatic carbocycles. The quantitative estimate of drug-likeness (QED) is 0.358. The molecule has 0 fully saturated rings. The Hall–Kier alpha value is -1.05. The van der Waals surface area contributed by atoms with Crippen molar-refractivity contribution in [1.82, 2.24) is 0 Å². The molecule has 2 heteroatoms. The van der Waals surface area contributed by atoms with Crippen LogP contribution in [0.3, 0.4) is 0 Å². The SMILES string of the molecule is C=C(CC)C(=O)OCC=CCC. The summed E-state index contributed by atoms with van der Waals surface area (Å²) in [6.45, 7) is 7.84. The summed E-state index contributed by atoms with van der Waals surface area (Å²) in [6.07, 6.45) is 5.41. The summed E-state index contributed by atoms with van der Waals surface area (Å²) >= 11 is 0. The second kappa shape index (κ2) is 6.65. The second-order valence-corrected chi connectivity index (χ2v) is 2.44. The van der Waals surface area contributed by atoms with E-state index in [2.05, 4.69) is 6.58 Å². The molecule has 0 saturated carbocycles. The second-order valence-electron chi connectivity index (χ2n) is 2.44. The van der Waals surface area contributed by atoms with Gasteiger partial charge in [0.05, 0.1) is 0 Å². The van der Waals surface area contributed by atoms with E-state index in [1.54, 1.807) is 0 Å². The van der Waals surface area contributed by atoms with Crippen molar-refractivity contribution in [2.75, 3.05) is 6.61 Å². The number of rotatable bonds is 5. The molecule has 68 valence electrons. The maximum atomic E-state index is 11.0. The normalized spacial score (nSPS) is 10.2. The number of hydrogen-bond acceptors (Lipinski definition) is 2. The average Bonchev–Trinajstić information content (AvgIpc) is 2.10. The highest BCUT2D eigenvalue weighted by molar-refractivity contribution is 5.87. The lowest BCUT2D eigenvalue weighted by atomic mass is 10.2. The molecule has 0 unspecified atom stereocenters. The van der Waals surface area contributed by atoms with Crippen molar-refractivity contribution in [2.24, 2.45) is 0 Å². The Morgan fingerprint density at radius 3 is 2.58 bits per heavy atom. The third-order valence-electron chi connectivity index (χ3n) is 1.43. The van der Waals surface area contributed by atoms with Gasteiger partial charge in [0.15, 0.2) is 0 Å². The first-order valence-corrected chi connectivity index (χ1v) is 4.22. The van der Waals surface area contributed by atoms with E-state index < -0.39 is 0 Å². The number of esters is 1. The third kappa shape index (κ3) is 4.72. The zero-order valence-corrected chi connectivity index (χ0v) is 7.80. The number of ether oxygens (including phenoxy) is 1. The highest BCUT2D eigenvalue weighted by Gasteiger charge is 2.03. The molecule has 0 bridgehead atoms. The number of hydrogen-bond donors (Lipinski definition) is 0. The molecule has 0 heterocycles. The van der Waals surface area contributed by atoms with E-state index in [-0.39, 0.29) is 5.97 Å².